The normalized spacial score (nSPS) is 18.0. The van der Waals surface area contributed by atoms with Crippen molar-refractivity contribution < 1.29 is 4.39 Å². The zero-order valence-corrected chi connectivity index (χ0v) is 12.4. The first-order valence-corrected chi connectivity index (χ1v) is 7.53. The molecule has 0 heterocycles. The zero-order valence-electron chi connectivity index (χ0n) is 11.7. The number of benzene rings is 2. The van der Waals surface area contributed by atoms with E-state index in [2.05, 4.69) is 29.7 Å². The summed E-state index contributed by atoms with van der Waals surface area (Å²) < 4.78 is 13.1. The number of rotatable bonds is 5. The number of nitrogens with one attached hydrogen (secondary N) is 1. The second kappa shape index (κ2) is 6.14. The lowest BCUT2D eigenvalue weighted by atomic mass is 9.74. The first-order chi connectivity index (χ1) is 10.2. The van der Waals surface area contributed by atoms with Crippen LogP contribution in [0.15, 0.2) is 42.5 Å². The highest BCUT2D eigenvalue weighted by Crippen LogP contribution is 2.38. The second-order valence-electron chi connectivity index (χ2n) is 5.64. The van der Waals surface area contributed by atoms with E-state index < -0.39 is 0 Å². The van der Waals surface area contributed by atoms with Crippen molar-refractivity contribution in [1.82, 2.24) is 5.43 Å². The van der Waals surface area contributed by atoms with Crippen molar-refractivity contribution in [2.24, 2.45) is 5.84 Å². The summed E-state index contributed by atoms with van der Waals surface area (Å²) in [6.45, 7) is 0. The SMILES string of the molecule is NNC(Cc1ccc(F)cc1Cl)CC1Cc2ccccc21. The van der Waals surface area contributed by atoms with Gasteiger partial charge in [0.15, 0.2) is 0 Å². The molecule has 0 bridgehead atoms. The number of halogens is 2. The minimum absolute atomic E-state index is 0.131. The average Bonchev–Trinajstić information content (AvgIpc) is 2.46. The molecule has 2 atom stereocenters. The van der Waals surface area contributed by atoms with Crippen LogP contribution in [0.5, 0.6) is 0 Å². The van der Waals surface area contributed by atoms with E-state index in [1.165, 1.54) is 23.3 Å². The Labute approximate surface area is 129 Å². The van der Waals surface area contributed by atoms with Crippen LogP contribution in [0.2, 0.25) is 5.02 Å². The summed E-state index contributed by atoms with van der Waals surface area (Å²) in [5.41, 5.74) is 6.64. The van der Waals surface area contributed by atoms with Gasteiger partial charge in [0, 0.05) is 11.1 Å². The van der Waals surface area contributed by atoms with Gasteiger partial charge in [-0.2, -0.15) is 0 Å². The summed E-state index contributed by atoms with van der Waals surface area (Å²) >= 11 is 6.09. The van der Waals surface area contributed by atoms with Crippen LogP contribution in [0.25, 0.3) is 0 Å². The summed E-state index contributed by atoms with van der Waals surface area (Å²) in [6, 6.07) is 13.2. The topological polar surface area (TPSA) is 38.0 Å². The van der Waals surface area contributed by atoms with Crippen molar-refractivity contribution in [2.45, 2.75) is 31.2 Å². The van der Waals surface area contributed by atoms with Crippen LogP contribution < -0.4 is 11.3 Å². The smallest absolute Gasteiger partial charge is 0.124 e. The molecule has 4 heteroatoms. The minimum atomic E-state index is -0.311. The van der Waals surface area contributed by atoms with E-state index in [9.17, 15) is 4.39 Å². The molecular weight excluding hydrogens is 287 g/mol. The van der Waals surface area contributed by atoms with Gasteiger partial charge < -0.3 is 0 Å². The first kappa shape index (κ1) is 14.5. The third-order valence-corrected chi connectivity index (χ3v) is 4.60. The van der Waals surface area contributed by atoms with Gasteiger partial charge in [-0.3, -0.25) is 11.3 Å². The van der Waals surface area contributed by atoms with E-state index in [-0.39, 0.29) is 11.9 Å². The van der Waals surface area contributed by atoms with Crippen molar-refractivity contribution in [3.63, 3.8) is 0 Å². The highest BCUT2D eigenvalue weighted by molar-refractivity contribution is 6.31. The molecular formula is C17H18ClFN2. The number of fused-ring (bicyclic) bond motifs is 1. The molecule has 2 aromatic carbocycles. The quantitative estimate of drug-likeness (QED) is 0.654. The molecule has 2 nitrogen and oxygen atoms in total. The predicted octanol–water partition coefficient (Wildman–Crippen LogP) is 3.58. The van der Waals surface area contributed by atoms with Gasteiger partial charge in [0.2, 0.25) is 0 Å². The Morgan fingerprint density at radius 2 is 2.10 bits per heavy atom. The molecule has 0 radical (unpaired) electrons. The summed E-state index contributed by atoms with van der Waals surface area (Å²) in [7, 11) is 0. The van der Waals surface area contributed by atoms with Gasteiger partial charge in [0.05, 0.1) is 0 Å². The summed E-state index contributed by atoms with van der Waals surface area (Å²) in [4.78, 5) is 0. The van der Waals surface area contributed by atoms with Crippen LogP contribution in [-0.2, 0) is 12.8 Å². The van der Waals surface area contributed by atoms with Crippen LogP contribution in [0.4, 0.5) is 4.39 Å². The molecule has 0 amide bonds. The standard InChI is InChI=1S/C17H18ClFN2/c18-17-10-14(19)6-5-12(17)8-15(21-20)9-13-7-11-3-1-2-4-16(11)13/h1-6,10,13,15,21H,7-9,20H2. The molecule has 110 valence electrons. The van der Waals surface area contributed by atoms with Crippen LogP contribution in [0, 0.1) is 5.82 Å². The molecule has 0 saturated carbocycles. The van der Waals surface area contributed by atoms with Crippen LogP contribution >= 0.6 is 11.6 Å². The van der Waals surface area contributed by atoms with Gasteiger partial charge >= 0.3 is 0 Å². The lowest BCUT2D eigenvalue weighted by Crippen LogP contribution is -2.39. The Hall–Kier alpha value is -1.42. The fraction of sp³-hybridized carbons (Fsp3) is 0.294. The van der Waals surface area contributed by atoms with Gasteiger partial charge in [-0.25, -0.2) is 4.39 Å². The van der Waals surface area contributed by atoms with Crippen molar-refractivity contribution in [3.05, 3.63) is 70.0 Å². The molecule has 1 aliphatic carbocycles. The predicted molar refractivity (Wildman–Crippen MR) is 83.7 cm³/mol. The number of hydrogen-bond acceptors (Lipinski definition) is 2. The molecule has 0 fully saturated rings. The molecule has 3 rings (SSSR count). The number of hydrazine groups is 1. The Bertz CT molecular complexity index is 644. The summed E-state index contributed by atoms with van der Waals surface area (Å²) in [5.74, 6) is 5.91. The largest absolute Gasteiger partial charge is 0.271 e. The Kier molecular flexibility index (Phi) is 4.24. The van der Waals surface area contributed by atoms with Crippen LogP contribution in [0.1, 0.15) is 29.0 Å². The Morgan fingerprint density at radius 3 is 2.81 bits per heavy atom. The molecule has 1 aliphatic rings. The highest BCUT2D eigenvalue weighted by atomic mass is 35.5. The summed E-state index contributed by atoms with van der Waals surface area (Å²) in [6.07, 6.45) is 2.76. The highest BCUT2D eigenvalue weighted by Gasteiger charge is 2.28. The fourth-order valence-electron chi connectivity index (χ4n) is 3.08. The summed E-state index contributed by atoms with van der Waals surface area (Å²) in [5, 5.41) is 0.462. The van der Waals surface area contributed by atoms with Crippen LogP contribution in [0.3, 0.4) is 0 Å². The molecule has 0 spiro atoms. The van der Waals surface area contributed by atoms with E-state index in [1.807, 2.05) is 0 Å². The number of nitrogens with two attached hydrogens (primary N) is 1. The third-order valence-electron chi connectivity index (χ3n) is 4.25. The molecule has 0 aliphatic heterocycles. The fourth-order valence-corrected chi connectivity index (χ4v) is 3.32. The Morgan fingerprint density at radius 1 is 1.29 bits per heavy atom. The molecule has 3 N–H and O–H groups in total. The van der Waals surface area contributed by atoms with E-state index in [4.69, 9.17) is 17.4 Å². The third kappa shape index (κ3) is 3.10. The maximum absolute atomic E-state index is 13.1. The van der Waals surface area contributed by atoms with Gasteiger partial charge in [-0.1, -0.05) is 41.9 Å². The van der Waals surface area contributed by atoms with E-state index in [0.29, 0.717) is 17.4 Å². The zero-order chi connectivity index (χ0) is 14.8. The molecule has 21 heavy (non-hydrogen) atoms. The van der Waals surface area contributed by atoms with E-state index in [0.717, 1.165) is 18.4 Å². The molecule has 0 saturated heterocycles. The van der Waals surface area contributed by atoms with Gasteiger partial charge in [-0.05, 0) is 54.0 Å². The average molecular weight is 305 g/mol. The van der Waals surface area contributed by atoms with Gasteiger partial charge in [0.1, 0.15) is 5.82 Å². The van der Waals surface area contributed by atoms with Crippen molar-refractivity contribution in [3.8, 4) is 0 Å². The van der Waals surface area contributed by atoms with E-state index in [1.54, 1.807) is 6.07 Å². The van der Waals surface area contributed by atoms with Gasteiger partial charge in [0.25, 0.3) is 0 Å². The molecule has 2 aromatic rings. The van der Waals surface area contributed by atoms with Crippen molar-refractivity contribution in [1.29, 1.82) is 0 Å². The van der Waals surface area contributed by atoms with Gasteiger partial charge in [-0.15, -0.1) is 0 Å². The maximum Gasteiger partial charge on any atom is 0.124 e. The van der Waals surface area contributed by atoms with Crippen LogP contribution in [-0.4, -0.2) is 6.04 Å². The van der Waals surface area contributed by atoms with E-state index >= 15 is 0 Å². The van der Waals surface area contributed by atoms with Crippen molar-refractivity contribution in [2.75, 3.05) is 0 Å². The lowest BCUT2D eigenvalue weighted by molar-refractivity contribution is 0.421. The lowest BCUT2D eigenvalue weighted by Gasteiger charge is -2.33. The monoisotopic (exact) mass is 304 g/mol. The molecule has 2 unspecified atom stereocenters. The molecule has 0 aromatic heterocycles. The number of hydrogen-bond donors (Lipinski definition) is 2. The second-order valence-corrected chi connectivity index (χ2v) is 6.05. The van der Waals surface area contributed by atoms with Crippen molar-refractivity contribution >= 4 is 11.6 Å². The maximum atomic E-state index is 13.1. The first-order valence-electron chi connectivity index (χ1n) is 7.15. The minimum Gasteiger partial charge on any atom is -0.271 e. The Balaban J connectivity index is 1.67.